The molecule has 0 radical (unpaired) electrons. The molecule has 21 heavy (non-hydrogen) atoms. The maximum atomic E-state index is 12.3. The van der Waals surface area contributed by atoms with Gasteiger partial charge < -0.3 is 10.4 Å². The van der Waals surface area contributed by atoms with Gasteiger partial charge in [-0.15, -0.1) is 0 Å². The third kappa shape index (κ3) is 3.58. The summed E-state index contributed by atoms with van der Waals surface area (Å²) in [6.07, 6.45) is 10.8. The van der Waals surface area contributed by atoms with Gasteiger partial charge in [0.15, 0.2) is 0 Å². The van der Waals surface area contributed by atoms with Crippen LogP contribution in [-0.2, 0) is 9.59 Å². The van der Waals surface area contributed by atoms with Gasteiger partial charge in [-0.2, -0.15) is 0 Å². The number of aliphatic carboxylic acids is 1. The van der Waals surface area contributed by atoms with Gasteiger partial charge in [-0.1, -0.05) is 32.1 Å². The zero-order valence-corrected chi connectivity index (χ0v) is 12.7. The Labute approximate surface area is 126 Å². The summed E-state index contributed by atoms with van der Waals surface area (Å²) in [6, 6.07) is 0.209. The predicted octanol–water partition coefficient (Wildman–Crippen LogP) is 2.96. The van der Waals surface area contributed by atoms with Gasteiger partial charge >= 0.3 is 5.97 Å². The maximum absolute atomic E-state index is 12.3. The number of carboxylic acids is 1. The Hall–Kier alpha value is -1.06. The van der Waals surface area contributed by atoms with E-state index < -0.39 is 5.97 Å². The molecule has 4 nitrogen and oxygen atoms in total. The molecule has 0 spiro atoms. The second-order valence-corrected chi connectivity index (χ2v) is 7.30. The molecule has 0 aliphatic heterocycles. The molecule has 3 fully saturated rings. The maximum Gasteiger partial charge on any atom is 0.306 e. The zero-order chi connectivity index (χ0) is 14.8. The minimum absolute atomic E-state index is 0.200. The Morgan fingerprint density at radius 1 is 0.905 bits per heavy atom. The van der Waals surface area contributed by atoms with E-state index in [0.29, 0.717) is 18.8 Å². The fraction of sp³-hybridized carbons (Fsp3) is 0.882. The fourth-order valence-corrected chi connectivity index (χ4v) is 4.39. The average molecular weight is 293 g/mol. The summed E-state index contributed by atoms with van der Waals surface area (Å²) < 4.78 is 0. The van der Waals surface area contributed by atoms with Gasteiger partial charge in [-0.25, -0.2) is 0 Å². The van der Waals surface area contributed by atoms with E-state index in [1.807, 2.05) is 0 Å². The van der Waals surface area contributed by atoms with Crippen LogP contribution >= 0.6 is 0 Å². The number of carboxylic acid groups (broad SMARTS) is 1. The molecule has 3 saturated carbocycles. The predicted molar refractivity (Wildman–Crippen MR) is 79.7 cm³/mol. The van der Waals surface area contributed by atoms with Crippen LogP contribution in [0.15, 0.2) is 0 Å². The van der Waals surface area contributed by atoms with Crippen molar-refractivity contribution in [2.24, 2.45) is 23.7 Å². The van der Waals surface area contributed by atoms with Crippen molar-refractivity contribution in [3.05, 3.63) is 0 Å². The normalized spacial score (nSPS) is 37.0. The van der Waals surface area contributed by atoms with Crippen molar-refractivity contribution in [3.8, 4) is 0 Å². The SMILES string of the molecule is O=C(O)C1CCC(NC(=O)C2CC2C2CCCCC2)CC1. The highest BCUT2D eigenvalue weighted by atomic mass is 16.4. The topological polar surface area (TPSA) is 66.4 Å². The van der Waals surface area contributed by atoms with Crippen LogP contribution in [0.1, 0.15) is 64.2 Å². The average Bonchev–Trinajstić information content (AvgIpc) is 3.29. The Morgan fingerprint density at radius 3 is 2.19 bits per heavy atom. The van der Waals surface area contributed by atoms with Crippen LogP contribution in [0.4, 0.5) is 0 Å². The van der Waals surface area contributed by atoms with E-state index >= 15 is 0 Å². The summed E-state index contributed by atoms with van der Waals surface area (Å²) in [4.78, 5) is 23.2. The number of nitrogens with one attached hydrogen (secondary N) is 1. The van der Waals surface area contributed by atoms with Gasteiger partial charge in [0.25, 0.3) is 0 Å². The van der Waals surface area contributed by atoms with E-state index in [0.717, 1.165) is 25.2 Å². The Morgan fingerprint density at radius 2 is 1.57 bits per heavy atom. The molecule has 0 bridgehead atoms. The van der Waals surface area contributed by atoms with Crippen molar-refractivity contribution in [1.29, 1.82) is 0 Å². The van der Waals surface area contributed by atoms with Crippen LogP contribution in [0.5, 0.6) is 0 Å². The van der Waals surface area contributed by atoms with Crippen molar-refractivity contribution in [3.63, 3.8) is 0 Å². The number of carbonyl (C=O) groups is 2. The van der Waals surface area contributed by atoms with Crippen LogP contribution in [0.25, 0.3) is 0 Å². The van der Waals surface area contributed by atoms with E-state index in [9.17, 15) is 9.59 Å². The standard InChI is InChI=1S/C17H27NO3/c19-16(15-10-14(15)11-4-2-1-3-5-11)18-13-8-6-12(7-9-13)17(20)21/h11-15H,1-10H2,(H,18,19)(H,20,21). The molecule has 2 atom stereocenters. The molecular formula is C17H27NO3. The first-order valence-electron chi connectivity index (χ1n) is 8.68. The van der Waals surface area contributed by atoms with Crippen LogP contribution in [-0.4, -0.2) is 23.0 Å². The minimum atomic E-state index is -0.681. The third-order valence-corrected chi connectivity index (χ3v) is 5.85. The largest absolute Gasteiger partial charge is 0.481 e. The van der Waals surface area contributed by atoms with Crippen LogP contribution in [0, 0.1) is 23.7 Å². The number of rotatable bonds is 4. The molecule has 3 aliphatic rings. The highest BCUT2D eigenvalue weighted by molar-refractivity contribution is 5.82. The van der Waals surface area contributed by atoms with Crippen molar-refractivity contribution >= 4 is 11.9 Å². The van der Waals surface area contributed by atoms with Gasteiger partial charge in [0.2, 0.25) is 5.91 Å². The number of amides is 1. The van der Waals surface area contributed by atoms with Crippen molar-refractivity contribution in [1.82, 2.24) is 5.32 Å². The molecule has 118 valence electrons. The first-order valence-corrected chi connectivity index (χ1v) is 8.68. The molecule has 2 unspecified atom stereocenters. The molecule has 0 heterocycles. The molecule has 0 aromatic carbocycles. The molecular weight excluding hydrogens is 266 g/mol. The van der Waals surface area contributed by atoms with E-state index in [4.69, 9.17) is 5.11 Å². The number of carbonyl (C=O) groups excluding carboxylic acids is 1. The van der Waals surface area contributed by atoms with Crippen molar-refractivity contribution in [2.45, 2.75) is 70.3 Å². The zero-order valence-electron chi connectivity index (χ0n) is 12.7. The van der Waals surface area contributed by atoms with Gasteiger partial charge in [0.05, 0.1) is 5.92 Å². The molecule has 0 aromatic heterocycles. The van der Waals surface area contributed by atoms with Crippen molar-refractivity contribution in [2.75, 3.05) is 0 Å². The summed E-state index contributed by atoms with van der Waals surface area (Å²) in [6.45, 7) is 0. The Kier molecular flexibility index (Phi) is 4.51. The second kappa shape index (κ2) is 6.37. The lowest BCUT2D eigenvalue weighted by Crippen LogP contribution is -2.39. The second-order valence-electron chi connectivity index (χ2n) is 7.30. The van der Waals surface area contributed by atoms with E-state index in [2.05, 4.69) is 5.32 Å². The van der Waals surface area contributed by atoms with Crippen LogP contribution in [0.3, 0.4) is 0 Å². The monoisotopic (exact) mass is 293 g/mol. The number of hydrogen-bond donors (Lipinski definition) is 2. The summed E-state index contributed by atoms with van der Waals surface area (Å²) in [5.41, 5.74) is 0. The lowest BCUT2D eigenvalue weighted by Gasteiger charge is -2.27. The molecule has 0 aromatic rings. The van der Waals surface area contributed by atoms with Crippen LogP contribution in [0.2, 0.25) is 0 Å². The quantitative estimate of drug-likeness (QED) is 0.837. The first-order chi connectivity index (χ1) is 10.1. The Bertz CT molecular complexity index is 395. The van der Waals surface area contributed by atoms with Gasteiger partial charge in [-0.3, -0.25) is 9.59 Å². The van der Waals surface area contributed by atoms with Gasteiger partial charge in [0, 0.05) is 12.0 Å². The highest BCUT2D eigenvalue weighted by Crippen LogP contribution is 2.49. The lowest BCUT2D eigenvalue weighted by molar-refractivity contribution is -0.142. The summed E-state index contributed by atoms with van der Waals surface area (Å²) in [5, 5.41) is 12.2. The highest BCUT2D eigenvalue weighted by Gasteiger charge is 2.47. The third-order valence-electron chi connectivity index (χ3n) is 5.85. The number of hydrogen-bond acceptors (Lipinski definition) is 2. The molecule has 0 saturated heterocycles. The molecule has 4 heteroatoms. The summed E-state index contributed by atoms with van der Waals surface area (Å²) >= 11 is 0. The fourth-order valence-electron chi connectivity index (χ4n) is 4.39. The van der Waals surface area contributed by atoms with E-state index in [1.54, 1.807) is 0 Å². The Balaban J connectivity index is 1.40. The minimum Gasteiger partial charge on any atom is -0.481 e. The molecule has 3 aliphatic carbocycles. The summed E-state index contributed by atoms with van der Waals surface area (Å²) in [7, 11) is 0. The van der Waals surface area contributed by atoms with Crippen molar-refractivity contribution < 1.29 is 14.7 Å². The smallest absolute Gasteiger partial charge is 0.306 e. The molecule has 2 N–H and O–H groups in total. The van der Waals surface area contributed by atoms with E-state index in [-0.39, 0.29) is 23.8 Å². The first kappa shape index (κ1) is 14.9. The van der Waals surface area contributed by atoms with Gasteiger partial charge in [-0.05, 0) is 43.9 Å². The molecule has 1 amide bonds. The lowest BCUT2D eigenvalue weighted by atomic mass is 9.84. The van der Waals surface area contributed by atoms with Gasteiger partial charge in [0.1, 0.15) is 0 Å². The summed E-state index contributed by atoms with van der Waals surface area (Å²) in [5.74, 6) is 1.04. The van der Waals surface area contributed by atoms with E-state index in [1.165, 1.54) is 32.1 Å². The molecule has 3 rings (SSSR count). The van der Waals surface area contributed by atoms with Crippen LogP contribution < -0.4 is 5.32 Å².